The molecule has 2 aromatic heterocycles. The molecule has 0 saturated heterocycles. The van der Waals surface area contributed by atoms with Crippen LogP contribution in [-0.4, -0.2) is 21.5 Å². The van der Waals surface area contributed by atoms with Crippen LogP contribution in [0.4, 0.5) is 0 Å². The van der Waals surface area contributed by atoms with E-state index in [4.69, 9.17) is 5.73 Å². The van der Waals surface area contributed by atoms with Gasteiger partial charge in [0.2, 0.25) is 0 Å². The quantitative estimate of drug-likeness (QED) is 0.853. The number of halogens is 2. The molecule has 0 bridgehead atoms. The fourth-order valence-electron chi connectivity index (χ4n) is 2.07. The summed E-state index contributed by atoms with van der Waals surface area (Å²) < 4.78 is 1.79. The first kappa shape index (κ1) is 15.5. The van der Waals surface area contributed by atoms with Gasteiger partial charge in [-0.15, -0.1) is 0 Å². The van der Waals surface area contributed by atoms with Gasteiger partial charge in [0.15, 0.2) is 5.82 Å². The van der Waals surface area contributed by atoms with Crippen LogP contribution in [-0.2, 0) is 6.42 Å². The van der Waals surface area contributed by atoms with Gasteiger partial charge in [0.1, 0.15) is 5.69 Å². The minimum atomic E-state index is 0.649. The zero-order valence-electron chi connectivity index (χ0n) is 11.5. The lowest BCUT2D eigenvalue weighted by Crippen LogP contribution is -2.07. The molecular weight excluding hydrogens is 384 g/mol. The second-order valence-corrected chi connectivity index (χ2v) is 6.34. The maximum Gasteiger partial charge on any atom is 0.179 e. The van der Waals surface area contributed by atoms with Crippen molar-refractivity contribution in [2.75, 3.05) is 6.54 Å². The first-order valence-corrected chi connectivity index (χ1v) is 7.97. The minimum absolute atomic E-state index is 0.649. The number of pyridine rings is 1. The summed E-state index contributed by atoms with van der Waals surface area (Å²) in [6, 6.07) is 1.94. The average molecular weight is 400 g/mol. The van der Waals surface area contributed by atoms with E-state index in [-0.39, 0.29) is 0 Å². The number of hydrogen-bond donors (Lipinski definition) is 1. The Bertz CT molecular complexity index is 606. The van der Waals surface area contributed by atoms with Gasteiger partial charge in [-0.05, 0) is 76.7 Å². The Kier molecular flexibility index (Phi) is 5.23. The van der Waals surface area contributed by atoms with Gasteiger partial charge >= 0.3 is 0 Å². The zero-order valence-corrected chi connectivity index (χ0v) is 14.6. The molecule has 4 nitrogen and oxygen atoms in total. The summed E-state index contributed by atoms with van der Waals surface area (Å²) in [5.41, 5.74) is 9.51. The molecule has 0 unspecified atom stereocenters. The number of nitrogens with zero attached hydrogens (tertiary/aromatic N) is 3. The third kappa shape index (κ3) is 3.42. The summed E-state index contributed by atoms with van der Waals surface area (Å²) >= 11 is 6.90. The third-order valence-corrected chi connectivity index (χ3v) is 4.11. The molecule has 0 aromatic carbocycles. The molecule has 6 heteroatoms. The predicted molar refractivity (Wildman–Crippen MR) is 87.5 cm³/mol. The summed E-state index contributed by atoms with van der Waals surface area (Å²) in [5, 5.41) is 0. The van der Waals surface area contributed by atoms with E-state index in [1.54, 1.807) is 6.20 Å². The first-order valence-electron chi connectivity index (χ1n) is 6.38. The Hall–Kier alpha value is -0.850. The van der Waals surface area contributed by atoms with Crippen LogP contribution in [0.2, 0.25) is 0 Å². The topological polar surface area (TPSA) is 64.7 Å². The molecule has 2 rings (SSSR count). The molecule has 2 heterocycles. The number of hydrogen-bond acceptors (Lipinski definition) is 4. The zero-order chi connectivity index (χ0) is 14.7. The van der Waals surface area contributed by atoms with E-state index >= 15 is 0 Å². The van der Waals surface area contributed by atoms with Gasteiger partial charge in [0, 0.05) is 26.5 Å². The van der Waals surface area contributed by atoms with E-state index in [2.05, 4.69) is 46.8 Å². The molecule has 0 aliphatic carbocycles. The van der Waals surface area contributed by atoms with E-state index < -0.39 is 0 Å². The highest BCUT2D eigenvalue weighted by Crippen LogP contribution is 2.27. The van der Waals surface area contributed by atoms with Crippen LogP contribution in [0.1, 0.15) is 23.4 Å². The van der Waals surface area contributed by atoms with Gasteiger partial charge in [-0.1, -0.05) is 0 Å². The average Bonchev–Trinajstić information content (AvgIpc) is 2.37. The number of aryl methyl sites for hydroxylation is 2. The predicted octanol–water partition coefficient (Wildman–Crippen LogP) is 3.57. The molecule has 20 heavy (non-hydrogen) atoms. The number of nitrogens with two attached hydrogens (primary N) is 1. The Labute approximate surface area is 135 Å². The molecule has 0 saturated carbocycles. The highest BCUT2D eigenvalue weighted by atomic mass is 79.9. The third-order valence-electron chi connectivity index (χ3n) is 3.07. The summed E-state index contributed by atoms with van der Waals surface area (Å²) in [6.45, 7) is 4.70. The Morgan fingerprint density at radius 2 is 1.80 bits per heavy atom. The molecule has 0 radical (unpaired) electrons. The maximum atomic E-state index is 5.57. The largest absolute Gasteiger partial charge is 0.330 e. The highest BCUT2D eigenvalue weighted by molar-refractivity contribution is 9.11. The van der Waals surface area contributed by atoms with E-state index in [0.717, 1.165) is 38.9 Å². The van der Waals surface area contributed by atoms with Gasteiger partial charge in [0.05, 0.1) is 0 Å². The van der Waals surface area contributed by atoms with Gasteiger partial charge in [-0.3, -0.25) is 4.98 Å². The van der Waals surface area contributed by atoms with E-state index in [1.165, 1.54) is 5.56 Å². The van der Waals surface area contributed by atoms with Crippen LogP contribution in [0.25, 0.3) is 11.5 Å². The van der Waals surface area contributed by atoms with Crippen LogP contribution in [0.15, 0.2) is 21.2 Å². The van der Waals surface area contributed by atoms with Crippen LogP contribution < -0.4 is 5.73 Å². The lowest BCUT2D eigenvalue weighted by molar-refractivity contribution is 0.805. The first-order chi connectivity index (χ1) is 9.52. The smallest absolute Gasteiger partial charge is 0.179 e. The van der Waals surface area contributed by atoms with E-state index in [1.807, 2.05) is 19.9 Å². The Balaban J connectivity index is 2.44. The lowest BCUT2D eigenvalue weighted by Gasteiger charge is -2.11. The Morgan fingerprint density at radius 3 is 2.35 bits per heavy atom. The normalized spacial score (nSPS) is 10.8. The number of aromatic nitrogens is 3. The van der Waals surface area contributed by atoms with E-state index in [0.29, 0.717) is 12.4 Å². The van der Waals surface area contributed by atoms with Crippen molar-refractivity contribution in [3.05, 3.63) is 38.2 Å². The van der Waals surface area contributed by atoms with Crippen LogP contribution in [0, 0.1) is 13.8 Å². The van der Waals surface area contributed by atoms with E-state index in [9.17, 15) is 0 Å². The van der Waals surface area contributed by atoms with Gasteiger partial charge < -0.3 is 5.73 Å². The molecule has 0 aliphatic heterocycles. The second-order valence-electron chi connectivity index (χ2n) is 4.57. The fourth-order valence-corrected chi connectivity index (χ4v) is 3.23. The molecule has 0 fully saturated rings. The van der Waals surface area contributed by atoms with Crippen LogP contribution in [0.3, 0.4) is 0 Å². The molecule has 106 valence electrons. The van der Waals surface area contributed by atoms with Crippen molar-refractivity contribution < 1.29 is 0 Å². The molecule has 2 aromatic rings. The van der Waals surface area contributed by atoms with Gasteiger partial charge in [-0.2, -0.15) is 0 Å². The summed E-state index contributed by atoms with van der Waals surface area (Å²) in [7, 11) is 0. The van der Waals surface area contributed by atoms with Crippen LogP contribution in [0.5, 0.6) is 0 Å². The molecule has 0 amide bonds. The van der Waals surface area contributed by atoms with Crippen molar-refractivity contribution in [2.45, 2.75) is 26.7 Å². The fraction of sp³-hybridized carbons (Fsp3) is 0.357. The molecule has 2 N–H and O–H groups in total. The van der Waals surface area contributed by atoms with Crippen molar-refractivity contribution >= 4 is 31.9 Å². The van der Waals surface area contributed by atoms with Crippen molar-refractivity contribution in [2.24, 2.45) is 5.73 Å². The minimum Gasteiger partial charge on any atom is -0.330 e. The summed E-state index contributed by atoms with van der Waals surface area (Å²) in [5.74, 6) is 0.649. The molecule has 0 aliphatic rings. The van der Waals surface area contributed by atoms with Crippen molar-refractivity contribution in [1.82, 2.24) is 15.0 Å². The van der Waals surface area contributed by atoms with Crippen LogP contribution >= 0.6 is 31.9 Å². The molecule has 0 spiro atoms. The Morgan fingerprint density at radius 1 is 1.15 bits per heavy atom. The number of rotatable bonds is 4. The van der Waals surface area contributed by atoms with Gasteiger partial charge in [0.25, 0.3) is 0 Å². The van der Waals surface area contributed by atoms with Crippen molar-refractivity contribution in [3.63, 3.8) is 0 Å². The van der Waals surface area contributed by atoms with Gasteiger partial charge in [-0.25, -0.2) is 9.97 Å². The lowest BCUT2D eigenvalue weighted by atomic mass is 10.1. The van der Waals surface area contributed by atoms with Crippen molar-refractivity contribution in [3.8, 4) is 11.5 Å². The summed E-state index contributed by atoms with van der Waals surface area (Å²) in [4.78, 5) is 13.6. The maximum absolute atomic E-state index is 5.57. The SMILES string of the molecule is Cc1nc(-c2ncc(Br)cc2Br)nc(C)c1CCCN. The second kappa shape index (κ2) is 6.74. The van der Waals surface area contributed by atoms with Crippen molar-refractivity contribution in [1.29, 1.82) is 0 Å². The standard InChI is InChI=1S/C14H16Br2N4/c1-8-11(4-3-5-17)9(2)20-14(19-8)13-12(16)6-10(15)7-18-13/h6-7H,3-5,17H2,1-2H3. The monoisotopic (exact) mass is 398 g/mol. The molecular formula is C14H16Br2N4. The highest BCUT2D eigenvalue weighted by Gasteiger charge is 2.13. The molecule has 0 atom stereocenters. The summed E-state index contributed by atoms with van der Waals surface area (Å²) in [6.07, 6.45) is 3.62.